The monoisotopic (exact) mass is 319 g/mol. The average Bonchev–Trinajstić information content (AvgIpc) is 3.01. The molecule has 5 nitrogen and oxygen atoms in total. The number of aryl methyl sites for hydroxylation is 1. The largest absolute Gasteiger partial charge is 0.308 e. The normalized spacial score (nSPS) is 25.4. The van der Waals surface area contributed by atoms with Gasteiger partial charge in [-0.05, 0) is 73.7 Å². The minimum Gasteiger partial charge on any atom is -0.308 e. The van der Waals surface area contributed by atoms with E-state index in [1.807, 2.05) is 36.9 Å². The third-order valence-corrected chi connectivity index (χ3v) is 5.31. The molecule has 0 bridgehead atoms. The van der Waals surface area contributed by atoms with E-state index in [4.69, 9.17) is 11.6 Å². The van der Waals surface area contributed by atoms with Gasteiger partial charge < -0.3 is 5.32 Å². The minimum atomic E-state index is -0.159. The quantitative estimate of drug-likeness (QED) is 0.943. The van der Waals surface area contributed by atoms with Crippen LogP contribution < -0.4 is 5.32 Å². The molecule has 1 aromatic carbocycles. The predicted molar refractivity (Wildman–Crippen MR) is 87.3 cm³/mol. The Morgan fingerprint density at radius 2 is 2.05 bits per heavy atom. The van der Waals surface area contributed by atoms with E-state index in [0.717, 1.165) is 40.9 Å². The van der Waals surface area contributed by atoms with E-state index in [0.29, 0.717) is 0 Å². The van der Waals surface area contributed by atoms with E-state index in [2.05, 4.69) is 27.8 Å². The zero-order valence-electron chi connectivity index (χ0n) is 13.3. The number of tetrazole rings is 1. The average molecular weight is 320 g/mol. The number of benzene rings is 1. The van der Waals surface area contributed by atoms with E-state index >= 15 is 0 Å². The summed E-state index contributed by atoms with van der Waals surface area (Å²) in [7, 11) is 2.00. The lowest BCUT2D eigenvalue weighted by Crippen LogP contribution is -2.45. The van der Waals surface area contributed by atoms with Crippen molar-refractivity contribution in [1.82, 2.24) is 25.5 Å². The predicted octanol–water partition coefficient (Wildman–Crippen LogP) is 3.25. The molecule has 0 atom stereocenters. The third kappa shape index (κ3) is 2.63. The second kappa shape index (κ2) is 5.97. The molecule has 0 spiro atoms. The van der Waals surface area contributed by atoms with Gasteiger partial charge in [0.2, 0.25) is 0 Å². The summed E-state index contributed by atoms with van der Waals surface area (Å²) >= 11 is 6.26. The number of hydrogen-bond donors (Lipinski definition) is 1. The fourth-order valence-electron chi connectivity index (χ4n) is 3.21. The zero-order valence-corrected chi connectivity index (χ0v) is 14.1. The number of rotatable bonds is 3. The van der Waals surface area contributed by atoms with E-state index < -0.39 is 0 Å². The molecule has 1 aliphatic rings. The van der Waals surface area contributed by atoms with Crippen LogP contribution in [0.1, 0.15) is 44.0 Å². The molecule has 0 amide bonds. The van der Waals surface area contributed by atoms with Crippen LogP contribution in [-0.4, -0.2) is 27.3 Å². The van der Waals surface area contributed by atoms with Gasteiger partial charge in [0.25, 0.3) is 0 Å². The van der Waals surface area contributed by atoms with Crippen molar-refractivity contribution < 1.29 is 0 Å². The highest BCUT2D eigenvalue weighted by Crippen LogP contribution is 2.38. The summed E-state index contributed by atoms with van der Waals surface area (Å²) in [5.41, 5.74) is 1.80. The first-order valence-corrected chi connectivity index (χ1v) is 8.18. The molecule has 1 fully saturated rings. The Morgan fingerprint density at radius 3 is 2.68 bits per heavy atom. The van der Waals surface area contributed by atoms with Crippen molar-refractivity contribution in [1.29, 1.82) is 0 Å². The van der Waals surface area contributed by atoms with Gasteiger partial charge in [-0.3, -0.25) is 0 Å². The zero-order chi connectivity index (χ0) is 15.7. The number of nitrogens with zero attached hydrogens (tertiary/aromatic N) is 4. The van der Waals surface area contributed by atoms with Crippen molar-refractivity contribution >= 4 is 11.6 Å². The van der Waals surface area contributed by atoms with Crippen LogP contribution in [0.5, 0.6) is 0 Å². The van der Waals surface area contributed by atoms with Gasteiger partial charge in [-0.1, -0.05) is 24.6 Å². The van der Waals surface area contributed by atoms with Gasteiger partial charge in [0.05, 0.1) is 11.2 Å². The van der Waals surface area contributed by atoms with Crippen LogP contribution in [0.25, 0.3) is 5.69 Å². The lowest BCUT2D eigenvalue weighted by molar-refractivity contribution is 0.194. The molecule has 0 radical (unpaired) electrons. The van der Waals surface area contributed by atoms with Crippen LogP contribution in [0.15, 0.2) is 18.2 Å². The minimum absolute atomic E-state index is 0.159. The van der Waals surface area contributed by atoms with Crippen LogP contribution in [-0.2, 0) is 5.54 Å². The third-order valence-electron chi connectivity index (χ3n) is 4.90. The van der Waals surface area contributed by atoms with Crippen LogP contribution in [0.4, 0.5) is 0 Å². The van der Waals surface area contributed by atoms with Crippen LogP contribution >= 0.6 is 11.6 Å². The summed E-state index contributed by atoms with van der Waals surface area (Å²) in [6.07, 6.45) is 4.46. The van der Waals surface area contributed by atoms with E-state index in [9.17, 15) is 0 Å². The van der Waals surface area contributed by atoms with Gasteiger partial charge in [-0.15, -0.1) is 5.10 Å². The van der Waals surface area contributed by atoms with Crippen molar-refractivity contribution in [2.24, 2.45) is 5.92 Å². The first-order valence-electron chi connectivity index (χ1n) is 7.80. The summed E-state index contributed by atoms with van der Waals surface area (Å²) in [6.45, 7) is 4.30. The maximum absolute atomic E-state index is 6.26. The smallest absolute Gasteiger partial charge is 0.176 e. The summed E-state index contributed by atoms with van der Waals surface area (Å²) in [4.78, 5) is 0. The topological polar surface area (TPSA) is 55.6 Å². The maximum Gasteiger partial charge on any atom is 0.176 e. The van der Waals surface area contributed by atoms with Crippen molar-refractivity contribution in [3.8, 4) is 5.69 Å². The summed E-state index contributed by atoms with van der Waals surface area (Å²) < 4.78 is 1.82. The molecule has 1 N–H and O–H groups in total. The van der Waals surface area contributed by atoms with Gasteiger partial charge in [-0.25, -0.2) is 0 Å². The van der Waals surface area contributed by atoms with E-state index in [-0.39, 0.29) is 5.54 Å². The molecule has 1 aromatic heterocycles. The first kappa shape index (κ1) is 15.4. The molecule has 1 heterocycles. The Bertz CT molecular complexity index is 658. The molecule has 0 aliphatic heterocycles. The van der Waals surface area contributed by atoms with E-state index in [1.165, 1.54) is 12.8 Å². The molecule has 22 heavy (non-hydrogen) atoms. The Kier molecular flexibility index (Phi) is 4.19. The molecule has 118 valence electrons. The number of aromatic nitrogens is 4. The lowest BCUT2D eigenvalue weighted by Gasteiger charge is -2.38. The number of nitrogens with one attached hydrogen (secondary N) is 1. The molecule has 2 aromatic rings. The fourth-order valence-corrected chi connectivity index (χ4v) is 3.39. The molecule has 3 rings (SSSR count). The van der Waals surface area contributed by atoms with Gasteiger partial charge >= 0.3 is 0 Å². The summed E-state index contributed by atoms with van der Waals surface area (Å²) in [5, 5.41) is 16.7. The van der Waals surface area contributed by atoms with Crippen molar-refractivity contribution in [3.63, 3.8) is 0 Å². The number of hydrogen-bond acceptors (Lipinski definition) is 4. The molecule has 0 unspecified atom stereocenters. The Morgan fingerprint density at radius 1 is 1.32 bits per heavy atom. The van der Waals surface area contributed by atoms with Gasteiger partial charge in [0.15, 0.2) is 5.82 Å². The molecule has 0 saturated heterocycles. The number of halogens is 1. The Labute approximate surface area is 136 Å². The highest BCUT2D eigenvalue weighted by molar-refractivity contribution is 6.31. The Hall–Kier alpha value is -1.46. The van der Waals surface area contributed by atoms with Crippen molar-refractivity contribution in [2.75, 3.05) is 7.05 Å². The Balaban J connectivity index is 2.02. The second-order valence-electron chi connectivity index (χ2n) is 6.36. The lowest BCUT2D eigenvalue weighted by atomic mass is 9.76. The van der Waals surface area contributed by atoms with Crippen LogP contribution in [0, 0.1) is 12.8 Å². The molecular formula is C16H22ClN5. The van der Waals surface area contributed by atoms with Gasteiger partial charge in [-0.2, -0.15) is 4.68 Å². The second-order valence-corrected chi connectivity index (χ2v) is 6.77. The first-order chi connectivity index (χ1) is 10.6. The van der Waals surface area contributed by atoms with Crippen molar-refractivity contribution in [3.05, 3.63) is 34.6 Å². The maximum atomic E-state index is 6.26. The highest BCUT2D eigenvalue weighted by Gasteiger charge is 2.39. The van der Waals surface area contributed by atoms with Crippen molar-refractivity contribution in [2.45, 2.75) is 45.1 Å². The van der Waals surface area contributed by atoms with E-state index in [1.54, 1.807) is 0 Å². The molecule has 6 heteroatoms. The standard InChI is InChI=1S/C16H22ClN5/c1-11-6-8-16(18-3,9-7-11)15-19-20-21-22(15)13-5-4-12(2)14(17)10-13/h4-5,10-11,18H,6-9H2,1-3H3. The summed E-state index contributed by atoms with van der Waals surface area (Å²) in [5.74, 6) is 1.64. The molecule has 1 saturated carbocycles. The molecular weight excluding hydrogens is 298 g/mol. The summed E-state index contributed by atoms with van der Waals surface area (Å²) in [6, 6.07) is 5.93. The van der Waals surface area contributed by atoms with Crippen LogP contribution in [0.3, 0.4) is 0 Å². The highest BCUT2D eigenvalue weighted by atomic mass is 35.5. The van der Waals surface area contributed by atoms with Crippen LogP contribution in [0.2, 0.25) is 5.02 Å². The fraction of sp³-hybridized carbons (Fsp3) is 0.562. The molecule has 1 aliphatic carbocycles. The van der Waals surface area contributed by atoms with Gasteiger partial charge in [0, 0.05) is 5.02 Å². The van der Waals surface area contributed by atoms with Gasteiger partial charge in [0.1, 0.15) is 0 Å². The SMILES string of the molecule is CNC1(c2nnnn2-c2ccc(C)c(Cl)c2)CCC(C)CC1.